The van der Waals surface area contributed by atoms with Gasteiger partial charge >= 0.3 is 5.97 Å². The SMILES string of the molecule is Cc1ccc(S(=O)(=O)N2[C@H](C(=O)NC(Cc3ccc4nc(-c5c(Cl)cccc5Cl)ccc4c3)C(=O)O)C[C@@H]3CCCC[C@@H]32)cc1. The maximum atomic E-state index is 13.9. The van der Waals surface area contributed by atoms with Crippen LogP contribution in [0.2, 0.25) is 10.0 Å². The third kappa shape index (κ3) is 6.31. The van der Waals surface area contributed by atoms with Gasteiger partial charge in [-0.3, -0.25) is 4.79 Å². The van der Waals surface area contributed by atoms with Crippen molar-refractivity contribution in [1.29, 1.82) is 0 Å². The number of carbonyl (C=O) groups is 2. The lowest BCUT2D eigenvalue weighted by Crippen LogP contribution is -2.53. The standard InChI is InChI=1S/C34H33Cl2N3O5S/c1-20-9-13-24(14-10-20)45(43,44)39-30-8-3-2-5-23(30)19-31(39)33(40)38-29(34(41)42)18-21-11-15-27-22(17-21)12-16-28(37-27)32-25(35)6-4-7-26(32)36/h4,6-7,9-17,23,29-31H,2-3,5,8,18-19H2,1H3,(H,38,40)(H,41,42)/t23-,29?,30-,31-/m0/s1. The molecule has 1 aliphatic carbocycles. The summed E-state index contributed by atoms with van der Waals surface area (Å²) in [6.07, 6.45) is 3.77. The zero-order valence-corrected chi connectivity index (χ0v) is 26.9. The number of halogens is 2. The molecule has 2 fully saturated rings. The topological polar surface area (TPSA) is 117 Å². The molecule has 2 heterocycles. The number of fused-ring (bicyclic) bond motifs is 2. The molecule has 0 bridgehead atoms. The van der Waals surface area contributed by atoms with Crippen molar-refractivity contribution in [3.05, 3.63) is 94.0 Å². The summed E-state index contributed by atoms with van der Waals surface area (Å²) in [5.41, 5.74) is 3.53. The third-order valence-electron chi connectivity index (χ3n) is 8.95. The van der Waals surface area contributed by atoms with E-state index in [0.29, 0.717) is 45.2 Å². The van der Waals surface area contributed by atoms with Crippen LogP contribution in [0, 0.1) is 12.8 Å². The summed E-state index contributed by atoms with van der Waals surface area (Å²) in [5, 5.41) is 14.5. The predicted molar refractivity (Wildman–Crippen MR) is 175 cm³/mol. The number of benzene rings is 3. The first-order chi connectivity index (χ1) is 21.5. The number of pyridine rings is 1. The molecule has 1 amide bonds. The quantitative estimate of drug-likeness (QED) is 0.218. The smallest absolute Gasteiger partial charge is 0.326 e. The Morgan fingerprint density at radius 3 is 2.42 bits per heavy atom. The largest absolute Gasteiger partial charge is 0.480 e. The van der Waals surface area contributed by atoms with E-state index in [0.717, 1.165) is 30.2 Å². The van der Waals surface area contributed by atoms with Crippen LogP contribution in [-0.4, -0.2) is 52.8 Å². The molecule has 1 aliphatic heterocycles. The van der Waals surface area contributed by atoms with Crippen molar-refractivity contribution >= 4 is 56.0 Å². The van der Waals surface area contributed by atoms with Crippen molar-refractivity contribution in [1.82, 2.24) is 14.6 Å². The number of nitrogens with one attached hydrogen (secondary N) is 1. The highest BCUT2D eigenvalue weighted by atomic mass is 35.5. The Hall–Kier alpha value is -3.50. The molecule has 0 radical (unpaired) electrons. The van der Waals surface area contributed by atoms with Gasteiger partial charge in [0.2, 0.25) is 15.9 Å². The summed E-state index contributed by atoms with van der Waals surface area (Å²) >= 11 is 12.7. The Bertz CT molecular complexity index is 1860. The maximum absolute atomic E-state index is 13.9. The van der Waals surface area contributed by atoms with Gasteiger partial charge in [-0.1, -0.05) is 71.9 Å². The van der Waals surface area contributed by atoms with Gasteiger partial charge in [0.25, 0.3) is 0 Å². The van der Waals surface area contributed by atoms with Crippen LogP contribution in [0.1, 0.15) is 43.2 Å². The van der Waals surface area contributed by atoms with Crippen LogP contribution >= 0.6 is 23.2 Å². The predicted octanol–water partition coefficient (Wildman–Crippen LogP) is 6.65. The summed E-state index contributed by atoms with van der Waals surface area (Å²) in [4.78, 5) is 31.0. The molecule has 3 aromatic carbocycles. The van der Waals surface area contributed by atoms with Gasteiger partial charge < -0.3 is 10.4 Å². The van der Waals surface area contributed by atoms with Crippen molar-refractivity contribution < 1.29 is 23.1 Å². The van der Waals surface area contributed by atoms with Gasteiger partial charge in [-0.05, 0) is 80.1 Å². The third-order valence-corrected chi connectivity index (χ3v) is 11.5. The minimum absolute atomic E-state index is 0.0133. The molecule has 1 unspecified atom stereocenters. The Labute approximate surface area is 272 Å². The number of hydrogen-bond donors (Lipinski definition) is 2. The number of carboxylic acid groups (broad SMARTS) is 1. The van der Waals surface area contributed by atoms with Gasteiger partial charge in [0.05, 0.1) is 26.2 Å². The lowest BCUT2D eigenvalue weighted by atomic mass is 9.85. The van der Waals surface area contributed by atoms with Crippen LogP contribution in [0.4, 0.5) is 0 Å². The Kier molecular flexibility index (Phi) is 8.89. The summed E-state index contributed by atoms with van der Waals surface area (Å²) in [7, 11) is -3.99. The van der Waals surface area contributed by atoms with Crippen molar-refractivity contribution in [2.75, 3.05) is 0 Å². The number of carbonyl (C=O) groups excluding carboxylic acids is 1. The van der Waals surface area contributed by atoms with E-state index in [1.165, 1.54) is 4.31 Å². The van der Waals surface area contributed by atoms with E-state index in [2.05, 4.69) is 5.32 Å². The number of hydrogen-bond acceptors (Lipinski definition) is 5. The van der Waals surface area contributed by atoms with Crippen LogP contribution in [0.3, 0.4) is 0 Å². The second-order valence-corrected chi connectivity index (χ2v) is 14.6. The Morgan fingerprint density at radius 2 is 1.71 bits per heavy atom. The number of rotatable bonds is 8. The number of sulfonamides is 1. The van der Waals surface area contributed by atoms with E-state index >= 15 is 0 Å². The van der Waals surface area contributed by atoms with Crippen LogP contribution in [-0.2, 0) is 26.0 Å². The summed E-state index contributed by atoms with van der Waals surface area (Å²) < 4.78 is 29.2. The number of amides is 1. The lowest BCUT2D eigenvalue weighted by molar-refractivity contribution is -0.142. The summed E-state index contributed by atoms with van der Waals surface area (Å²) in [5.74, 6) is -1.73. The van der Waals surface area contributed by atoms with Gasteiger partial charge in [-0.15, -0.1) is 0 Å². The van der Waals surface area contributed by atoms with Crippen molar-refractivity contribution in [3.63, 3.8) is 0 Å². The second kappa shape index (κ2) is 12.7. The van der Waals surface area contributed by atoms with E-state index in [4.69, 9.17) is 28.2 Å². The number of nitrogens with zero attached hydrogens (tertiary/aromatic N) is 2. The fourth-order valence-corrected chi connectivity index (χ4v) is 9.17. The molecular formula is C34H33Cl2N3O5S. The highest BCUT2D eigenvalue weighted by Crippen LogP contribution is 2.43. The number of carboxylic acids is 1. The van der Waals surface area contributed by atoms with Crippen molar-refractivity contribution in [2.24, 2.45) is 5.92 Å². The lowest BCUT2D eigenvalue weighted by Gasteiger charge is -2.33. The fourth-order valence-electron chi connectivity index (χ4n) is 6.71. The molecular weight excluding hydrogens is 633 g/mol. The highest BCUT2D eigenvalue weighted by Gasteiger charge is 2.51. The van der Waals surface area contributed by atoms with E-state index in [-0.39, 0.29) is 23.3 Å². The van der Waals surface area contributed by atoms with Crippen LogP contribution in [0.15, 0.2) is 77.7 Å². The average molecular weight is 667 g/mol. The Morgan fingerprint density at radius 1 is 1.00 bits per heavy atom. The molecule has 2 aliphatic rings. The minimum atomic E-state index is -3.99. The molecule has 45 heavy (non-hydrogen) atoms. The van der Waals surface area contributed by atoms with Crippen LogP contribution < -0.4 is 5.32 Å². The molecule has 1 saturated heterocycles. The van der Waals surface area contributed by atoms with Crippen molar-refractivity contribution in [3.8, 4) is 11.3 Å². The molecule has 11 heteroatoms. The van der Waals surface area contributed by atoms with Gasteiger partial charge in [0, 0.05) is 23.4 Å². The zero-order valence-electron chi connectivity index (χ0n) is 24.6. The molecule has 0 spiro atoms. The fraction of sp³-hybridized carbons (Fsp3) is 0.324. The van der Waals surface area contributed by atoms with E-state index in [1.54, 1.807) is 60.7 Å². The maximum Gasteiger partial charge on any atom is 0.326 e. The average Bonchev–Trinajstić information content (AvgIpc) is 3.42. The molecule has 2 N–H and O–H groups in total. The van der Waals surface area contributed by atoms with Gasteiger partial charge in [0.1, 0.15) is 12.1 Å². The van der Waals surface area contributed by atoms with Gasteiger partial charge in [-0.2, -0.15) is 4.31 Å². The van der Waals surface area contributed by atoms with E-state index in [9.17, 15) is 23.1 Å². The molecule has 6 rings (SSSR count). The first-order valence-electron chi connectivity index (χ1n) is 15.0. The minimum Gasteiger partial charge on any atom is -0.480 e. The second-order valence-electron chi connectivity index (χ2n) is 11.9. The molecule has 4 atom stereocenters. The first-order valence-corrected chi connectivity index (χ1v) is 17.2. The first kappa shape index (κ1) is 31.5. The van der Waals surface area contributed by atoms with E-state index < -0.39 is 34.0 Å². The van der Waals surface area contributed by atoms with Crippen LogP contribution in [0.5, 0.6) is 0 Å². The zero-order chi connectivity index (χ0) is 31.9. The van der Waals surface area contributed by atoms with Crippen LogP contribution in [0.25, 0.3) is 22.2 Å². The van der Waals surface area contributed by atoms with E-state index in [1.807, 2.05) is 19.1 Å². The van der Waals surface area contributed by atoms with Crippen molar-refractivity contribution in [2.45, 2.75) is 68.5 Å². The van der Waals surface area contributed by atoms with Gasteiger partial charge in [-0.25, -0.2) is 18.2 Å². The summed E-state index contributed by atoms with van der Waals surface area (Å²) in [6, 6.07) is 18.4. The molecule has 1 saturated carbocycles. The summed E-state index contributed by atoms with van der Waals surface area (Å²) in [6.45, 7) is 1.88. The number of aryl methyl sites for hydroxylation is 1. The normalized spacial score (nSPS) is 20.9. The number of aliphatic carboxylic acids is 1. The molecule has 1 aromatic heterocycles. The molecule has 4 aromatic rings. The number of aromatic nitrogens is 1. The Balaban J connectivity index is 1.24. The molecule has 8 nitrogen and oxygen atoms in total. The van der Waals surface area contributed by atoms with Gasteiger partial charge in [0.15, 0.2) is 0 Å². The highest BCUT2D eigenvalue weighted by molar-refractivity contribution is 7.89. The monoisotopic (exact) mass is 665 g/mol. The molecule has 234 valence electrons.